The highest BCUT2D eigenvalue weighted by atomic mass is 32.1. The van der Waals surface area contributed by atoms with Crippen molar-refractivity contribution in [2.24, 2.45) is 0 Å². The van der Waals surface area contributed by atoms with Crippen LogP contribution in [0.3, 0.4) is 0 Å². The van der Waals surface area contributed by atoms with Crippen molar-refractivity contribution in [3.8, 4) is 0 Å². The van der Waals surface area contributed by atoms with Crippen LogP contribution >= 0.6 is 11.3 Å². The lowest BCUT2D eigenvalue weighted by molar-refractivity contribution is 0.0746. The molecule has 1 aliphatic rings. The third-order valence-electron chi connectivity index (χ3n) is 3.52. The average Bonchev–Trinajstić information content (AvgIpc) is 3.01. The maximum atomic E-state index is 12.4. The van der Waals surface area contributed by atoms with E-state index in [4.69, 9.17) is 0 Å². The van der Waals surface area contributed by atoms with Crippen molar-refractivity contribution in [1.82, 2.24) is 9.88 Å². The molecule has 0 saturated carbocycles. The molecular formula is C15H17N3OS. The maximum absolute atomic E-state index is 12.4. The molecule has 3 rings (SSSR count). The van der Waals surface area contributed by atoms with Gasteiger partial charge in [0.15, 0.2) is 5.13 Å². The summed E-state index contributed by atoms with van der Waals surface area (Å²) < 4.78 is 0. The predicted molar refractivity (Wildman–Crippen MR) is 81.4 cm³/mol. The van der Waals surface area contributed by atoms with Gasteiger partial charge in [-0.15, -0.1) is 11.3 Å². The van der Waals surface area contributed by atoms with Crippen molar-refractivity contribution in [1.29, 1.82) is 0 Å². The first-order valence-electron chi connectivity index (χ1n) is 6.74. The van der Waals surface area contributed by atoms with Crippen LogP contribution in [-0.2, 0) is 0 Å². The zero-order valence-corrected chi connectivity index (χ0v) is 12.3. The van der Waals surface area contributed by atoms with Crippen molar-refractivity contribution in [2.45, 2.75) is 6.92 Å². The molecule has 2 heterocycles. The molecule has 0 spiro atoms. The standard InChI is InChI=1S/C15H17N3OS/c1-12-3-2-4-13(11-12)14(19)17-6-8-18(9-7-17)15-16-5-10-20-15/h2-5,10-11H,6-9H2,1H3. The number of thiazole rings is 1. The molecule has 1 amide bonds. The van der Waals surface area contributed by atoms with E-state index in [1.165, 1.54) is 0 Å². The summed E-state index contributed by atoms with van der Waals surface area (Å²) in [4.78, 5) is 20.9. The van der Waals surface area contributed by atoms with E-state index < -0.39 is 0 Å². The Labute approximate surface area is 122 Å². The molecule has 0 atom stereocenters. The summed E-state index contributed by atoms with van der Waals surface area (Å²) in [6.07, 6.45) is 1.82. The van der Waals surface area contributed by atoms with Gasteiger partial charge < -0.3 is 9.80 Å². The number of benzene rings is 1. The van der Waals surface area contributed by atoms with Crippen LogP contribution in [0.2, 0.25) is 0 Å². The van der Waals surface area contributed by atoms with Gasteiger partial charge in [-0.3, -0.25) is 4.79 Å². The quantitative estimate of drug-likeness (QED) is 0.851. The van der Waals surface area contributed by atoms with Crippen LogP contribution in [0.4, 0.5) is 5.13 Å². The Morgan fingerprint density at radius 1 is 1.25 bits per heavy atom. The summed E-state index contributed by atoms with van der Waals surface area (Å²) in [5.74, 6) is 0.132. The van der Waals surface area contributed by atoms with Crippen molar-refractivity contribution < 1.29 is 4.79 Å². The molecule has 4 nitrogen and oxygen atoms in total. The van der Waals surface area contributed by atoms with Crippen LogP contribution in [0.15, 0.2) is 35.8 Å². The van der Waals surface area contributed by atoms with E-state index in [-0.39, 0.29) is 5.91 Å². The predicted octanol–water partition coefficient (Wildman–Crippen LogP) is 2.41. The molecule has 0 unspecified atom stereocenters. The molecule has 104 valence electrons. The second-order valence-corrected chi connectivity index (χ2v) is 5.84. The minimum absolute atomic E-state index is 0.132. The van der Waals surface area contributed by atoms with Gasteiger partial charge in [-0.1, -0.05) is 17.7 Å². The second-order valence-electron chi connectivity index (χ2n) is 4.96. The van der Waals surface area contributed by atoms with E-state index in [1.807, 2.05) is 47.7 Å². The van der Waals surface area contributed by atoms with Crippen LogP contribution in [-0.4, -0.2) is 42.0 Å². The maximum Gasteiger partial charge on any atom is 0.253 e. The number of aryl methyl sites for hydroxylation is 1. The van der Waals surface area contributed by atoms with Gasteiger partial charge in [0.05, 0.1) is 0 Å². The molecule has 1 aliphatic heterocycles. The van der Waals surface area contributed by atoms with Crippen LogP contribution in [0.25, 0.3) is 0 Å². The Morgan fingerprint density at radius 3 is 2.70 bits per heavy atom. The van der Waals surface area contributed by atoms with Gasteiger partial charge in [-0.2, -0.15) is 0 Å². The molecular weight excluding hydrogens is 270 g/mol. The van der Waals surface area contributed by atoms with E-state index in [0.29, 0.717) is 0 Å². The number of aromatic nitrogens is 1. The van der Waals surface area contributed by atoms with Gasteiger partial charge in [-0.25, -0.2) is 4.98 Å². The van der Waals surface area contributed by atoms with Crippen LogP contribution in [0.1, 0.15) is 15.9 Å². The van der Waals surface area contributed by atoms with Crippen molar-refractivity contribution >= 4 is 22.4 Å². The smallest absolute Gasteiger partial charge is 0.253 e. The monoisotopic (exact) mass is 287 g/mol. The fraction of sp³-hybridized carbons (Fsp3) is 0.333. The molecule has 1 fully saturated rings. The highest BCUT2D eigenvalue weighted by Gasteiger charge is 2.23. The summed E-state index contributed by atoms with van der Waals surface area (Å²) in [6.45, 7) is 5.23. The zero-order valence-electron chi connectivity index (χ0n) is 11.5. The summed E-state index contributed by atoms with van der Waals surface area (Å²) >= 11 is 1.65. The summed E-state index contributed by atoms with van der Waals surface area (Å²) in [6, 6.07) is 7.80. The van der Waals surface area contributed by atoms with E-state index in [1.54, 1.807) is 11.3 Å². The molecule has 20 heavy (non-hydrogen) atoms. The second kappa shape index (κ2) is 5.63. The summed E-state index contributed by atoms with van der Waals surface area (Å²) in [5, 5.41) is 3.03. The lowest BCUT2D eigenvalue weighted by Crippen LogP contribution is -2.48. The Kier molecular flexibility index (Phi) is 3.69. The van der Waals surface area contributed by atoms with Gasteiger partial charge in [0.25, 0.3) is 5.91 Å². The van der Waals surface area contributed by atoms with Crippen molar-refractivity contribution in [3.05, 3.63) is 47.0 Å². The van der Waals surface area contributed by atoms with Crippen LogP contribution in [0, 0.1) is 6.92 Å². The lowest BCUT2D eigenvalue weighted by Gasteiger charge is -2.34. The van der Waals surface area contributed by atoms with Gasteiger partial charge in [0.1, 0.15) is 0 Å². The van der Waals surface area contributed by atoms with Gasteiger partial charge in [0, 0.05) is 43.3 Å². The molecule has 0 aliphatic carbocycles. The molecule has 5 heteroatoms. The average molecular weight is 287 g/mol. The number of hydrogen-bond acceptors (Lipinski definition) is 4. The molecule has 0 radical (unpaired) electrons. The van der Waals surface area contributed by atoms with Crippen molar-refractivity contribution in [2.75, 3.05) is 31.1 Å². The topological polar surface area (TPSA) is 36.4 Å². The molecule has 2 aromatic rings. The summed E-state index contributed by atoms with van der Waals surface area (Å²) in [7, 11) is 0. The van der Waals surface area contributed by atoms with Crippen LogP contribution < -0.4 is 4.90 Å². The first-order valence-corrected chi connectivity index (χ1v) is 7.62. The minimum atomic E-state index is 0.132. The number of carbonyl (C=O) groups excluding carboxylic acids is 1. The fourth-order valence-corrected chi connectivity index (χ4v) is 3.13. The van der Waals surface area contributed by atoms with Crippen LogP contribution in [0.5, 0.6) is 0 Å². The number of anilines is 1. The largest absolute Gasteiger partial charge is 0.345 e. The first-order chi connectivity index (χ1) is 9.74. The molecule has 0 N–H and O–H groups in total. The van der Waals surface area contributed by atoms with Gasteiger partial charge >= 0.3 is 0 Å². The third kappa shape index (κ3) is 2.67. The number of carbonyl (C=O) groups is 1. The zero-order chi connectivity index (χ0) is 13.9. The normalized spacial score (nSPS) is 15.4. The number of piperazine rings is 1. The van der Waals surface area contributed by atoms with E-state index >= 15 is 0 Å². The number of rotatable bonds is 2. The van der Waals surface area contributed by atoms with Gasteiger partial charge in [0.2, 0.25) is 0 Å². The Hall–Kier alpha value is -1.88. The number of nitrogens with zero attached hydrogens (tertiary/aromatic N) is 3. The fourth-order valence-electron chi connectivity index (χ4n) is 2.43. The van der Waals surface area contributed by atoms with E-state index in [9.17, 15) is 4.79 Å². The summed E-state index contributed by atoms with van der Waals surface area (Å²) in [5.41, 5.74) is 1.91. The minimum Gasteiger partial charge on any atom is -0.345 e. The van der Waals surface area contributed by atoms with Crippen molar-refractivity contribution in [3.63, 3.8) is 0 Å². The first kappa shape index (κ1) is 13.1. The highest BCUT2D eigenvalue weighted by Crippen LogP contribution is 2.19. The SMILES string of the molecule is Cc1cccc(C(=O)N2CCN(c3nccs3)CC2)c1. The Morgan fingerprint density at radius 2 is 2.05 bits per heavy atom. The third-order valence-corrected chi connectivity index (χ3v) is 4.35. The molecule has 1 aromatic heterocycles. The lowest BCUT2D eigenvalue weighted by atomic mass is 10.1. The number of hydrogen-bond donors (Lipinski definition) is 0. The highest BCUT2D eigenvalue weighted by molar-refractivity contribution is 7.13. The van der Waals surface area contributed by atoms with Gasteiger partial charge in [-0.05, 0) is 19.1 Å². The Bertz CT molecular complexity index is 589. The van der Waals surface area contributed by atoms with E-state index in [2.05, 4.69) is 9.88 Å². The number of amides is 1. The molecule has 0 bridgehead atoms. The molecule has 1 aromatic carbocycles. The van der Waals surface area contributed by atoms with E-state index in [0.717, 1.165) is 42.4 Å². The Balaban J connectivity index is 1.65. The molecule has 1 saturated heterocycles.